The van der Waals surface area contributed by atoms with E-state index in [1.807, 2.05) is 24.3 Å². The first-order valence-electron chi connectivity index (χ1n) is 4.85. The summed E-state index contributed by atoms with van der Waals surface area (Å²) in [5, 5.41) is 0. The molecule has 1 aliphatic carbocycles. The van der Waals surface area contributed by atoms with Crippen molar-refractivity contribution in [3.8, 4) is 0 Å². The van der Waals surface area contributed by atoms with Crippen LogP contribution in [0.3, 0.4) is 0 Å². The van der Waals surface area contributed by atoms with Crippen molar-refractivity contribution in [3.63, 3.8) is 0 Å². The quantitative estimate of drug-likeness (QED) is 0.706. The highest BCUT2D eigenvalue weighted by atomic mass is 16.1. The van der Waals surface area contributed by atoms with E-state index in [4.69, 9.17) is 5.73 Å². The number of unbranched alkanes of at least 4 members (excludes halogenated alkanes) is 1. The summed E-state index contributed by atoms with van der Waals surface area (Å²) in [4.78, 5) is 11.3. The number of hydrogen-bond donors (Lipinski definition) is 1. The number of rotatable bonds is 4. The molecule has 1 aliphatic rings. The van der Waals surface area contributed by atoms with Crippen molar-refractivity contribution < 1.29 is 4.79 Å². The molecule has 1 atom stereocenters. The van der Waals surface area contributed by atoms with Crippen LogP contribution in [0.4, 0.5) is 0 Å². The van der Waals surface area contributed by atoms with Gasteiger partial charge in [0.15, 0.2) is 0 Å². The molecule has 1 rings (SSSR count). The molecule has 0 aromatic carbocycles. The Morgan fingerprint density at radius 1 is 1.54 bits per heavy atom. The smallest absolute Gasteiger partial charge is 0.227 e. The fourth-order valence-corrected chi connectivity index (χ4v) is 1.65. The maximum Gasteiger partial charge on any atom is 0.227 e. The normalized spacial score (nSPS) is 26.2. The largest absolute Gasteiger partial charge is 0.369 e. The molecule has 2 nitrogen and oxygen atoms in total. The van der Waals surface area contributed by atoms with Gasteiger partial charge in [0.05, 0.1) is 5.41 Å². The first-order chi connectivity index (χ1) is 6.21. The highest BCUT2D eigenvalue weighted by Crippen LogP contribution is 2.33. The summed E-state index contributed by atoms with van der Waals surface area (Å²) in [6, 6.07) is 0. The molecule has 2 N–H and O–H groups in total. The first kappa shape index (κ1) is 10.0. The molecular formula is C11H17NO. The third-order valence-electron chi connectivity index (χ3n) is 2.61. The van der Waals surface area contributed by atoms with Crippen LogP contribution in [-0.4, -0.2) is 5.91 Å². The second kappa shape index (κ2) is 4.26. The van der Waals surface area contributed by atoms with Crippen LogP contribution in [0.5, 0.6) is 0 Å². The highest BCUT2D eigenvalue weighted by molar-refractivity contribution is 5.83. The molecular weight excluding hydrogens is 162 g/mol. The van der Waals surface area contributed by atoms with Crippen LogP contribution in [0.25, 0.3) is 0 Å². The third-order valence-corrected chi connectivity index (χ3v) is 2.61. The molecule has 0 heterocycles. The lowest BCUT2D eigenvalue weighted by atomic mass is 9.77. The van der Waals surface area contributed by atoms with Crippen LogP contribution in [-0.2, 0) is 4.79 Å². The third kappa shape index (κ3) is 2.20. The van der Waals surface area contributed by atoms with Crippen molar-refractivity contribution in [1.29, 1.82) is 0 Å². The Hall–Kier alpha value is -1.05. The van der Waals surface area contributed by atoms with Gasteiger partial charge in [0.25, 0.3) is 0 Å². The van der Waals surface area contributed by atoms with E-state index in [1.54, 1.807) is 0 Å². The Labute approximate surface area is 79.5 Å². The summed E-state index contributed by atoms with van der Waals surface area (Å²) in [6.45, 7) is 2.12. The molecule has 0 aliphatic heterocycles. The van der Waals surface area contributed by atoms with E-state index >= 15 is 0 Å². The van der Waals surface area contributed by atoms with E-state index in [0.717, 1.165) is 25.7 Å². The van der Waals surface area contributed by atoms with Gasteiger partial charge in [0, 0.05) is 0 Å². The number of amides is 1. The van der Waals surface area contributed by atoms with E-state index in [2.05, 4.69) is 6.92 Å². The average molecular weight is 179 g/mol. The van der Waals surface area contributed by atoms with E-state index in [0.29, 0.717) is 0 Å². The minimum atomic E-state index is -0.398. The van der Waals surface area contributed by atoms with Gasteiger partial charge in [-0.1, -0.05) is 44.1 Å². The van der Waals surface area contributed by atoms with Crippen LogP contribution in [0.2, 0.25) is 0 Å². The molecule has 0 spiro atoms. The molecule has 0 aromatic heterocycles. The van der Waals surface area contributed by atoms with Crippen LogP contribution >= 0.6 is 0 Å². The molecule has 0 saturated carbocycles. The van der Waals surface area contributed by atoms with Crippen LogP contribution in [0.1, 0.15) is 32.6 Å². The van der Waals surface area contributed by atoms with E-state index in [-0.39, 0.29) is 5.91 Å². The second-order valence-electron chi connectivity index (χ2n) is 3.62. The minimum Gasteiger partial charge on any atom is -0.369 e. The maximum atomic E-state index is 11.3. The van der Waals surface area contributed by atoms with Gasteiger partial charge < -0.3 is 5.73 Å². The van der Waals surface area contributed by atoms with E-state index < -0.39 is 5.41 Å². The Morgan fingerprint density at radius 3 is 2.77 bits per heavy atom. The Kier molecular flexibility index (Phi) is 3.29. The van der Waals surface area contributed by atoms with Crippen molar-refractivity contribution in [3.05, 3.63) is 24.3 Å². The fraction of sp³-hybridized carbons (Fsp3) is 0.545. The molecule has 72 valence electrons. The molecule has 1 amide bonds. The summed E-state index contributed by atoms with van der Waals surface area (Å²) < 4.78 is 0. The number of allylic oxidation sites excluding steroid dienone is 3. The van der Waals surface area contributed by atoms with Gasteiger partial charge in [-0.2, -0.15) is 0 Å². The lowest BCUT2D eigenvalue weighted by Gasteiger charge is -2.27. The van der Waals surface area contributed by atoms with Crippen LogP contribution in [0, 0.1) is 5.41 Å². The predicted octanol–water partition coefficient (Wildman–Crippen LogP) is 2.16. The zero-order chi connectivity index (χ0) is 9.73. The molecule has 0 aromatic rings. The summed E-state index contributed by atoms with van der Waals surface area (Å²) in [5.74, 6) is -0.193. The minimum absolute atomic E-state index is 0.193. The van der Waals surface area contributed by atoms with Crippen LogP contribution < -0.4 is 5.73 Å². The van der Waals surface area contributed by atoms with E-state index in [9.17, 15) is 4.79 Å². The standard InChI is InChI=1S/C11H17NO/c1-2-3-7-11(10(12)13)8-5-4-6-9-11/h4-6,8H,2-3,7,9H2,1H3,(H2,12,13). The monoisotopic (exact) mass is 179 g/mol. The van der Waals surface area contributed by atoms with Gasteiger partial charge in [-0.15, -0.1) is 0 Å². The molecule has 0 saturated heterocycles. The van der Waals surface area contributed by atoms with Gasteiger partial charge in [-0.25, -0.2) is 0 Å². The zero-order valence-electron chi connectivity index (χ0n) is 8.12. The summed E-state index contributed by atoms with van der Waals surface area (Å²) in [6.07, 6.45) is 11.6. The molecule has 0 bridgehead atoms. The zero-order valence-corrected chi connectivity index (χ0v) is 8.12. The van der Waals surface area contributed by atoms with Crippen molar-refractivity contribution in [1.82, 2.24) is 0 Å². The summed E-state index contributed by atoms with van der Waals surface area (Å²) >= 11 is 0. The van der Waals surface area contributed by atoms with Gasteiger partial charge >= 0.3 is 0 Å². The lowest BCUT2D eigenvalue weighted by molar-refractivity contribution is -0.125. The Balaban J connectivity index is 2.70. The number of hydrogen-bond acceptors (Lipinski definition) is 1. The second-order valence-corrected chi connectivity index (χ2v) is 3.62. The number of primary amides is 1. The molecule has 0 radical (unpaired) electrons. The maximum absolute atomic E-state index is 11.3. The first-order valence-corrected chi connectivity index (χ1v) is 4.85. The predicted molar refractivity (Wildman–Crippen MR) is 54.0 cm³/mol. The summed E-state index contributed by atoms with van der Waals surface area (Å²) in [7, 11) is 0. The van der Waals surface area contributed by atoms with Gasteiger partial charge in [0.1, 0.15) is 0 Å². The molecule has 2 heteroatoms. The van der Waals surface area contributed by atoms with Crippen LogP contribution in [0.15, 0.2) is 24.3 Å². The number of carbonyl (C=O) groups excluding carboxylic acids is 1. The number of nitrogens with two attached hydrogens (primary N) is 1. The molecule has 13 heavy (non-hydrogen) atoms. The molecule has 1 unspecified atom stereocenters. The van der Waals surface area contributed by atoms with Gasteiger partial charge in [0.2, 0.25) is 5.91 Å². The highest BCUT2D eigenvalue weighted by Gasteiger charge is 2.32. The van der Waals surface area contributed by atoms with E-state index in [1.165, 1.54) is 0 Å². The van der Waals surface area contributed by atoms with Crippen molar-refractivity contribution >= 4 is 5.91 Å². The van der Waals surface area contributed by atoms with Gasteiger partial charge in [-0.3, -0.25) is 4.79 Å². The Bertz CT molecular complexity index is 242. The topological polar surface area (TPSA) is 43.1 Å². The average Bonchev–Trinajstić information content (AvgIpc) is 2.16. The molecule has 0 fully saturated rings. The van der Waals surface area contributed by atoms with Crippen molar-refractivity contribution in [2.75, 3.05) is 0 Å². The summed E-state index contributed by atoms with van der Waals surface area (Å²) in [5.41, 5.74) is 5.02. The Morgan fingerprint density at radius 2 is 2.31 bits per heavy atom. The van der Waals surface area contributed by atoms with Crippen molar-refractivity contribution in [2.24, 2.45) is 11.1 Å². The van der Waals surface area contributed by atoms with Gasteiger partial charge in [-0.05, 0) is 12.8 Å². The lowest BCUT2D eigenvalue weighted by Crippen LogP contribution is -2.35. The fourth-order valence-electron chi connectivity index (χ4n) is 1.65. The van der Waals surface area contributed by atoms with Crippen molar-refractivity contribution in [2.45, 2.75) is 32.6 Å². The SMILES string of the molecule is CCCCC1(C(N)=O)C=CC=CC1. The number of carbonyl (C=O) groups is 1.